The highest BCUT2D eigenvalue weighted by Crippen LogP contribution is 2.27. The number of nitrogens with two attached hydrogens (primary N) is 1. The van der Waals surface area contributed by atoms with Crippen LogP contribution in [0.2, 0.25) is 0 Å². The Morgan fingerprint density at radius 1 is 1.45 bits per heavy atom. The van der Waals surface area contributed by atoms with Crippen LogP contribution in [0.25, 0.3) is 0 Å². The van der Waals surface area contributed by atoms with Crippen molar-refractivity contribution in [2.45, 2.75) is 6.54 Å². The highest BCUT2D eigenvalue weighted by molar-refractivity contribution is 6.01. The Bertz CT molecular complexity index is 655. The Morgan fingerprint density at radius 2 is 2.20 bits per heavy atom. The van der Waals surface area contributed by atoms with Crippen molar-refractivity contribution in [2.75, 3.05) is 5.73 Å². The lowest BCUT2D eigenvalue weighted by Crippen LogP contribution is -2.25. The fourth-order valence-corrected chi connectivity index (χ4v) is 1.64. The smallest absolute Gasteiger partial charge is 0.293 e. The fourth-order valence-electron chi connectivity index (χ4n) is 1.64. The normalized spacial score (nSPS) is 10.2. The van der Waals surface area contributed by atoms with Gasteiger partial charge in [0.15, 0.2) is 0 Å². The zero-order valence-electron chi connectivity index (χ0n) is 10.1. The van der Waals surface area contributed by atoms with Crippen LogP contribution in [-0.2, 0) is 6.54 Å². The van der Waals surface area contributed by atoms with Crippen molar-refractivity contribution in [3.05, 3.63) is 57.8 Å². The van der Waals surface area contributed by atoms with E-state index in [0.29, 0.717) is 5.56 Å². The van der Waals surface area contributed by atoms with Gasteiger partial charge in [-0.3, -0.25) is 14.9 Å². The van der Waals surface area contributed by atoms with Gasteiger partial charge in [-0.15, -0.1) is 0 Å². The summed E-state index contributed by atoms with van der Waals surface area (Å²) >= 11 is 0. The second-order valence-corrected chi connectivity index (χ2v) is 3.93. The third-order valence-electron chi connectivity index (χ3n) is 2.63. The van der Waals surface area contributed by atoms with Gasteiger partial charge in [0.1, 0.15) is 17.1 Å². The molecule has 1 aromatic carbocycles. The van der Waals surface area contributed by atoms with E-state index < -0.39 is 33.6 Å². The highest BCUT2D eigenvalue weighted by Gasteiger charge is 2.23. The zero-order valence-corrected chi connectivity index (χ0v) is 10.1. The Hall–Kier alpha value is -2.90. The summed E-state index contributed by atoms with van der Waals surface area (Å²) in [6, 6.07) is 3.37. The van der Waals surface area contributed by atoms with Crippen LogP contribution in [0.15, 0.2) is 35.1 Å². The van der Waals surface area contributed by atoms with E-state index in [1.807, 2.05) is 0 Å². The van der Waals surface area contributed by atoms with Gasteiger partial charge in [0.2, 0.25) is 0 Å². The number of nitro benzene ring substituents is 1. The van der Waals surface area contributed by atoms with Crippen LogP contribution in [0.1, 0.15) is 15.9 Å². The molecule has 2 rings (SSSR count). The number of benzene rings is 1. The molecule has 0 spiro atoms. The van der Waals surface area contributed by atoms with Crippen molar-refractivity contribution in [2.24, 2.45) is 0 Å². The van der Waals surface area contributed by atoms with Crippen molar-refractivity contribution >= 4 is 17.3 Å². The third kappa shape index (κ3) is 2.58. The lowest BCUT2D eigenvalue weighted by molar-refractivity contribution is -0.384. The first-order chi connectivity index (χ1) is 9.50. The minimum atomic E-state index is -0.919. The molecule has 0 saturated heterocycles. The second kappa shape index (κ2) is 5.39. The topological polar surface area (TPSA) is 111 Å². The molecule has 0 unspecified atom stereocenters. The lowest BCUT2D eigenvalue weighted by atomic mass is 10.1. The van der Waals surface area contributed by atoms with Gasteiger partial charge < -0.3 is 15.5 Å². The minimum absolute atomic E-state index is 0.0942. The summed E-state index contributed by atoms with van der Waals surface area (Å²) in [6.45, 7) is 0.0942. The minimum Gasteiger partial charge on any atom is -0.472 e. The van der Waals surface area contributed by atoms with E-state index in [1.165, 1.54) is 12.5 Å². The average Bonchev–Trinajstić information content (AvgIpc) is 2.89. The molecule has 8 heteroatoms. The molecule has 1 amide bonds. The maximum Gasteiger partial charge on any atom is 0.293 e. The van der Waals surface area contributed by atoms with E-state index >= 15 is 0 Å². The molecule has 0 bridgehead atoms. The number of nitrogens with one attached hydrogen (secondary N) is 1. The van der Waals surface area contributed by atoms with E-state index in [2.05, 4.69) is 5.32 Å². The number of carbonyl (C=O) groups excluding carboxylic acids is 1. The summed E-state index contributed by atoms with van der Waals surface area (Å²) in [5.41, 5.74) is 4.59. The number of nitrogens with zero attached hydrogens (tertiary/aromatic N) is 1. The van der Waals surface area contributed by atoms with Crippen LogP contribution in [0.4, 0.5) is 15.8 Å². The second-order valence-electron chi connectivity index (χ2n) is 3.93. The summed E-state index contributed by atoms with van der Waals surface area (Å²) < 4.78 is 18.4. The predicted octanol–water partition coefficient (Wildman–Crippen LogP) is 1.84. The van der Waals surface area contributed by atoms with Crippen molar-refractivity contribution in [1.29, 1.82) is 0 Å². The number of hydrogen-bond donors (Lipinski definition) is 2. The van der Waals surface area contributed by atoms with Gasteiger partial charge in [-0.25, -0.2) is 4.39 Å². The molecule has 7 nitrogen and oxygen atoms in total. The number of anilines is 1. The Labute approximate surface area is 112 Å². The molecule has 0 atom stereocenters. The lowest BCUT2D eigenvalue weighted by Gasteiger charge is -2.08. The molecule has 104 valence electrons. The first-order valence-corrected chi connectivity index (χ1v) is 5.52. The molecule has 3 N–H and O–H groups in total. The van der Waals surface area contributed by atoms with Crippen molar-refractivity contribution in [3.8, 4) is 0 Å². The molecular weight excluding hydrogens is 269 g/mol. The van der Waals surface area contributed by atoms with Crippen molar-refractivity contribution in [3.63, 3.8) is 0 Å². The summed E-state index contributed by atoms with van der Waals surface area (Å²) in [5, 5.41) is 13.1. The van der Waals surface area contributed by atoms with Gasteiger partial charge in [0, 0.05) is 18.2 Å². The largest absolute Gasteiger partial charge is 0.472 e. The first-order valence-electron chi connectivity index (χ1n) is 5.52. The number of carbonyl (C=O) groups is 1. The maximum absolute atomic E-state index is 13.6. The van der Waals surface area contributed by atoms with Crippen LogP contribution in [0.3, 0.4) is 0 Å². The molecule has 20 heavy (non-hydrogen) atoms. The van der Waals surface area contributed by atoms with Crippen LogP contribution in [-0.4, -0.2) is 10.8 Å². The molecule has 1 aromatic heterocycles. The molecule has 0 aliphatic rings. The van der Waals surface area contributed by atoms with Gasteiger partial charge in [0.05, 0.1) is 17.4 Å². The van der Waals surface area contributed by atoms with Gasteiger partial charge in [-0.05, 0) is 12.1 Å². The monoisotopic (exact) mass is 279 g/mol. The van der Waals surface area contributed by atoms with Gasteiger partial charge in [-0.1, -0.05) is 0 Å². The number of amides is 1. The number of furan rings is 1. The molecule has 1 heterocycles. The fraction of sp³-hybridized carbons (Fsp3) is 0.0833. The number of halogens is 1. The van der Waals surface area contributed by atoms with Crippen molar-refractivity contribution in [1.82, 2.24) is 5.32 Å². The van der Waals surface area contributed by atoms with Gasteiger partial charge in [-0.2, -0.15) is 0 Å². The van der Waals surface area contributed by atoms with E-state index in [9.17, 15) is 19.3 Å². The van der Waals surface area contributed by atoms with Gasteiger partial charge >= 0.3 is 0 Å². The molecule has 2 aromatic rings. The molecule has 0 aliphatic heterocycles. The Morgan fingerprint density at radius 3 is 2.80 bits per heavy atom. The van der Waals surface area contributed by atoms with E-state index in [4.69, 9.17) is 10.2 Å². The average molecular weight is 279 g/mol. The van der Waals surface area contributed by atoms with E-state index in [0.717, 1.165) is 12.1 Å². The van der Waals surface area contributed by atoms with Crippen LogP contribution >= 0.6 is 0 Å². The van der Waals surface area contributed by atoms with E-state index in [1.54, 1.807) is 6.07 Å². The molecule has 0 radical (unpaired) electrons. The Balaban J connectivity index is 2.25. The van der Waals surface area contributed by atoms with Crippen LogP contribution in [0, 0.1) is 15.9 Å². The highest BCUT2D eigenvalue weighted by atomic mass is 19.1. The predicted molar refractivity (Wildman–Crippen MR) is 67.3 cm³/mol. The van der Waals surface area contributed by atoms with Gasteiger partial charge in [0.25, 0.3) is 11.6 Å². The zero-order chi connectivity index (χ0) is 14.7. The summed E-state index contributed by atoms with van der Waals surface area (Å²) in [7, 11) is 0. The summed E-state index contributed by atoms with van der Waals surface area (Å²) in [4.78, 5) is 21.8. The van der Waals surface area contributed by atoms with Crippen LogP contribution < -0.4 is 11.1 Å². The molecule has 0 aliphatic carbocycles. The number of rotatable bonds is 4. The summed E-state index contributed by atoms with van der Waals surface area (Å²) in [5.74, 6) is -1.75. The van der Waals surface area contributed by atoms with Crippen molar-refractivity contribution < 1.29 is 18.5 Å². The van der Waals surface area contributed by atoms with E-state index in [-0.39, 0.29) is 6.54 Å². The maximum atomic E-state index is 13.6. The Kier molecular flexibility index (Phi) is 3.65. The summed E-state index contributed by atoms with van der Waals surface area (Å²) in [6.07, 6.45) is 2.83. The number of nitro groups is 1. The SMILES string of the molecule is Nc1c([N+](=O)[O-])ccc(F)c1C(=O)NCc1ccoc1. The quantitative estimate of drug-likeness (QED) is 0.504. The third-order valence-corrected chi connectivity index (χ3v) is 2.63. The molecule has 0 fully saturated rings. The number of nitrogen functional groups attached to an aromatic ring is 1. The first kappa shape index (κ1) is 13.5. The van der Waals surface area contributed by atoms with Crippen LogP contribution in [0.5, 0.6) is 0 Å². The number of hydrogen-bond acceptors (Lipinski definition) is 5. The standard InChI is InChI=1S/C12H10FN3O4/c13-8-1-2-9(16(18)19)11(14)10(8)12(17)15-5-7-3-4-20-6-7/h1-4,6H,5,14H2,(H,15,17). The molecule has 0 saturated carbocycles. The molecular formula is C12H10FN3O4.